The van der Waals surface area contributed by atoms with Crippen LogP contribution in [0.2, 0.25) is 0 Å². The second-order valence-electron chi connectivity index (χ2n) is 8.32. The Labute approximate surface area is 198 Å². The molecule has 1 unspecified atom stereocenters. The minimum absolute atomic E-state index is 0.213. The third-order valence-electron chi connectivity index (χ3n) is 6.13. The molecule has 0 fully saturated rings. The number of carbonyl (C=O) groups is 1. The number of hydrogen-bond acceptors (Lipinski definition) is 5. The van der Waals surface area contributed by atoms with E-state index in [1.54, 1.807) is 6.21 Å². The molecule has 1 aliphatic heterocycles. The van der Waals surface area contributed by atoms with Crippen LogP contribution in [0.5, 0.6) is 11.5 Å². The minimum Gasteiger partial charge on any atom is -0.454 e. The van der Waals surface area contributed by atoms with Crippen LogP contribution in [0.3, 0.4) is 0 Å². The van der Waals surface area contributed by atoms with Crippen LogP contribution in [0.25, 0.3) is 22.2 Å². The van der Waals surface area contributed by atoms with Crippen molar-refractivity contribution in [3.8, 4) is 22.8 Å². The van der Waals surface area contributed by atoms with Crippen molar-refractivity contribution in [2.45, 2.75) is 26.2 Å². The maximum Gasteiger partial charge on any atom is 0.272 e. The Morgan fingerprint density at radius 1 is 1.06 bits per heavy atom. The molecule has 3 aromatic carbocycles. The van der Waals surface area contributed by atoms with Crippen molar-refractivity contribution >= 4 is 23.0 Å². The van der Waals surface area contributed by atoms with Crippen molar-refractivity contribution in [3.63, 3.8) is 0 Å². The van der Waals surface area contributed by atoms with Gasteiger partial charge in [-0.15, -0.1) is 0 Å². The Kier molecular flexibility index (Phi) is 5.95. The van der Waals surface area contributed by atoms with E-state index in [0.29, 0.717) is 23.0 Å². The molecular formula is C28H25N3O3. The van der Waals surface area contributed by atoms with Gasteiger partial charge < -0.3 is 9.47 Å². The Morgan fingerprint density at radius 3 is 2.68 bits per heavy atom. The second-order valence-corrected chi connectivity index (χ2v) is 8.32. The average molecular weight is 452 g/mol. The van der Waals surface area contributed by atoms with Crippen LogP contribution in [-0.2, 0) is 0 Å². The summed E-state index contributed by atoms with van der Waals surface area (Å²) in [4.78, 5) is 17.9. The molecule has 2 heterocycles. The first-order chi connectivity index (χ1) is 16.6. The molecule has 1 amide bonds. The molecule has 170 valence electrons. The summed E-state index contributed by atoms with van der Waals surface area (Å²) in [5, 5.41) is 4.93. The summed E-state index contributed by atoms with van der Waals surface area (Å²) < 4.78 is 10.7. The fraction of sp³-hybridized carbons (Fsp3) is 0.179. The highest BCUT2D eigenvalue weighted by Gasteiger charge is 2.15. The number of rotatable bonds is 6. The molecule has 1 aliphatic rings. The molecule has 0 radical (unpaired) electrons. The lowest BCUT2D eigenvalue weighted by atomic mass is 9.96. The lowest BCUT2D eigenvalue weighted by Gasteiger charge is -2.11. The number of hydrazone groups is 1. The summed E-state index contributed by atoms with van der Waals surface area (Å²) >= 11 is 0. The highest BCUT2D eigenvalue weighted by atomic mass is 16.7. The smallest absolute Gasteiger partial charge is 0.272 e. The van der Waals surface area contributed by atoms with Crippen LogP contribution in [0.4, 0.5) is 0 Å². The molecule has 1 atom stereocenters. The Morgan fingerprint density at radius 2 is 1.85 bits per heavy atom. The molecule has 0 bridgehead atoms. The third-order valence-corrected chi connectivity index (χ3v) is 6.13. The standard InChI is InChI=1S/C28H25N3O3/c1-3-18(2)20-9-11-21(12-10-20)25-15-23(22-6-4-5-7-24(22)30-25)28(32)31-29-16-19-8-13-26-27(14-19)34-17-33-26/h4-16,18H,3,17H2,1-2H3,(H,31,32)/b29-16+. The molecular weight excluding hydrogens is 426 g/mol. The number of nitrogens with one attached hydrogen (secondary N) is 1. The zero-order valence-electron chi connectivity index (χ0n) is 19.1. The number of aromatic nitrogens is 1. The molecule has 1 N–H and O–H groups in total. The fourth-order valence-corrected chi connectivity index (χ4v) is 3.95. The summed E-state index contributed by atoms with van der Waals surface area (Å²) in [6.45, 7) is 4.61. The van der Waals surface area contributed by atoms with Crippen molar-refractivity contribution in [2.24, 2.45) is 5.10 Å². The molecule has 0 spiro atoms. The number of benzene rings is 3. The van der Waals surface area contributed by atoms with Crippen LogP contribution >= 0.6 is 0 Å². The van der Waals surface area contributed by atoms with Gasteiger partial charge in [-0.1, -0.05) is 56.3 Å². The van der Waals surface area contributed by atoms with Gasteiger partial charge in [-0.05, 0) is 53.8 Å². The molecule has 6 heteroatoms. The van der Waals surface area contributed by atoms with E-state index in [-0.39, 0.29) is 12.7 Å². The first-order valence-corrected chi connectivity index (χ1v) is 11.4. The number of hydrogen-bond donors (Lipinski definition) is 1. The van der Waals surface area contributed by atoms with Gasteiger partial charge in [0, 0.05) is 10.9 Å². The van der Waals surface area contributed by atoms with Gasteiger partial charge in [-0.3, -0.25) is 4.79 Å². The summed E-state index contributed by atoms with van der Waals surface area (Å²) in [5.74, 6) is 1.57. The van der Waals surface area contributed by atoms with Crippen LogP contribution in [-0.4, -0.2) is 23.9 Å². The van der Waals surface area contributed by atoms with E-state index < -0.39 is 0 Å². The van der Waals surface area contributed by atoms with E-state index in [1.807, 2.05) is 48.5 Å². The van der Waals surface area contributed by atoms with Gasteiger partial charge in [0.2, 0.25) is 6.79 Å². The van der Waals surface area contributed by atoms with E-state index in [0.717, 1.165) is 34.1 Å². The molecule has 0 saturated heterocycles. The summed E-state index contributed by atoms with van der Waals surface area (Å²) in [7, 11) is 0. The molecule has 1 aromatic heterocycles. The minimum atomic E-state index is -0.298. The number of pyridine rings is 1. The number of nitrogens with zero attached hydrogens (tertiary/aromatic N) is 2. The summed E-state index contributed by atoms with van der Waals surface area (Å²) in [6, 6.07) is 23.4. The number of para-hydroxylation sites is 1. The highest BCUT2D eigenvalue weighted by Crippen LogP contribution is 2.32. The van der Waals surface area contributed by atoms with Crippen molar-refractivity contribution in [3.05, 3.63) is 89.5 Å². The highest BCUT2D eigenvalue weighted by molar-refractivity contribution is 6.07. The van der Waals surface area contributed by atoms with E-state index in [4.69, 9.17) is 14.5 Å². The number of fused-ring (bicyclic) bond motifs is 2. The third kappa shape index (κ3) is 4.35. The van der Waals surface area contributed by atoms with E-state index in [1.165, 1.54) is 5.56 Å². The second kappa shape index (κ2) is 9.35. The van der Waals surface area contributed by atoms with Gasteiger partial charge in [-0.25, -0.2) is 10.4 Å². The van der Waals surface area contributed by atoms with Gasteiger partial charge >= 0.3 is 0 Å². The van der Waals surface area contributed by atoms with Gasteiger partial charge in [0.05, 0.1) is 23.0 Å². The normalized spacial score (nSPS) is 13.4. The van der Waals surface area contributed by atoms with Gasteiger partial charge in [0.1, 0.15) is 0 Å². The van der Waals surface area contributed by atoms with Gasteiger partial charge in [0.15, 0.2) is 11.5 Å². The molecule has 4 aromatic rings. The van der Waals surface area contributed by atoms with Crippen molar-refractivity contribution < 1.29 is 14.3 Å². The number of amides is 1. The maximum absolute atomic E-state index is 13.1. The predicted octanol–water partition coefficient (Wildman–Crippen LogP) is 5.91. The molecule has 5 rings (SSSR count). The first kappa shape index (κ1) is 21.6. The SMILES string of the molecule is CCC(C)c1ccc(-c2cc(C(=O)N/N=C/c3ccc4c(c3)OCO4)c3ccccc3n2)cc1. The van der Waals surface area contributed by atoms with Gasteiger partial charge in [0.25, 0.3) is 5.91 Å². The fourth-order valence-electron chi connectivity index (χ4n) is 3.95. The Bertz CT molecular complexity index is 1380. The first-order valence-electron chi connectivity index (χ1n) is 11.4. The van der Waals surface area contributed by atoms with E-state index in [9.17, 15) is 4.79 Å². The number of ether oxygens (including phenoxy) is 2. The van der Waals surface area contributed by atoms with Gasteiger partial charge in [-0.2, -0.15) is 5.10 Å². The quantitative estimate of drug-likeness (QED) is 0.292. The monoisotopic (exact) mass is 451 g/mol. The largest absolute Gasteiger partial charge is 0.454 e. The van der Waals surface area contributed by atoms with Crippen LogP contribution in [0.1, 0.15) is 47.7 Å². The molecule has 0 saturated carbocycles. The molecule has 6 nitrogen and oxygen atoms in total. The topological polar surface area (TPSA) is 72.8 Å². The van der Waals surface area contributed by atoms with E-state index in [2.05, 4.69) is 48.6 Å². The van der Waals surface area contributed by atoms with Crippen molar-refractivity contribution in [2.75, 3.05) is 6.79 Å². The maximum atomic E-state index is 13.1. The summed E-state index contributed by atoms with van der Waals surface area (Å²) in [5.41, 5.74) is 7.74. The number of carbonyl (C=O) groups excluding carboxylic acids is 1. The van der Waals surface area contributed by atoms with Crippen molar-refractivity contribution in [1.82, 2.24) is 10.4 Å². The van der Waals surface area contributed by atoms with Crippen molar-refractivity contribution in [1.29, 1.82) is 0 Å². The van der Waals surface area contributed by atoms with Crippen LogP contribution < -0.4 is 14.9 Å². The average Bonchev–Trinajstić information content (AvgIpc) is 3.35. The zero-order valence-corrected chi connectivity index (χ0v) is 19.1. The Hall–Kier alpha value is -4.19. The lowest BCUT2D eigenvalue weighted by Crippen LogP contribution is -2.18. The lowest BCUT2D eigenvalue weighted by molar-refractivity contribution is 0.0956. The molecule has 0 aliphatic carbocycles. The predicted molar refractivity (Wildman–Crippen MR) is 134 cm³/mol. The van der Waals surface area contributed by atoms with Crippen LogP contribution in [0.15, 0.2) is 77.9 Å². The Balaban J connectivity index is 1.42. The van der Waals surface area contributed by atoms with Crippen LogP contribution in [0, 0.1) is 0 Å². The van der Waals surface area contributed by atoms with E-state index >= 15 is 0 Å². The zero-order chi connectivity index (χ0) is 23.5. The molecule has 34 heavy (non-hydrogen) atoms. The summed E-state index contributed by atoms with van der Waals surface area (Å²) in [6.07, 6.45) is 2.67.